The summed E-state index contributed by atoms with van der Waals surface area (Å²) < 4.78 is 0. The van der Waals surface area contributed by atoms with Gasteiger partial charge in [0, 0.05) is 12.6 Å². The average Bonchev–Trinajstić information content (AvgIpc) is 2.56. The molecule has 0 aliphatic heterocycles. The monoisotopic (exact) mass is 243 g/mol. The molecule has 0 radical (unpaired) electrons. The highest BCUT2D eigenvalue weighted by atomic mass is 16.2. The summed E-state index contributed by atoms with van der Waals surface area (Å²) in [4.78, 5) is 0. The van der Waals surface area contributed by atoms with Crippen LogP contribution in [0.15, 0.2) is 0 Å². The Bertz CT molecular complexity index is 148. The Morgan fingerprint density at radius 1 is 1.06 bits per heavy atom. The number of unbranched alkanes of at least 4 members (excludes halogenated alkanes) is 1. The summed E-state index contributed by atoms with van der Waals surface area (Å²) in [5.41, 5.74) is 0. The van der Waals surface area contributed by atoms with Crippen LogP contribution in [0.3, 0.4) is 0 Å². The highest BCUT2D eigenvalue weighted by Gasteiger charge is 2.20. The van der Waals surface area contributed by atoms with Crippen LogP contribution in [0.25, 0.3) is 0 Å². The van der Waals surface area contributed by atoms with Crippen LogP contribution in [0.2, 0.25) is 0 Å². The largest absolute Gasteiger partial charge is 0.396 e. The fraction of sp³-hybridized carbons (Fsp3) is 1.00. The summed E-state index contributed by atoms with van der Waals surface area (Å²) >= 11 is 0. The fourth-order valence-corrected chi connectivity index (χ4v) is 2.64. The minimum atomic E-state index is 0.344. The summed E-state index contributed by atoms with van der Waals surface area (Å²) in [7, 11) is 2.12. The van der Waals surface area contributed by atoms with E-state index in [9.17, 15) is 0 Å². The van der Waals surface area contributed by atoms with E-state index in [1.54, 1.807) is 0 Å². The smallest absolute Gasteiger partial charge is 0.0430 e. The van der Waals surface area contributed by atoms with Gasteiger partial charge in [0.05, 0.1) is 0 Å². The summed E-state index contributed by atoms with van der Waals surface area (Å²) in [5, 5.41) is 11.5. The van der Waals surface area contributed by atoms with Crippen molar-refractivity contribution in [1.29, 1.82) is 0 Å². The molecule has 2 atom stereocenters. The zero-order chi connectivity index (χ0) is 12.9. The number of rotatable bonds is 5. The van der Waals surface area contributed by atoms with E-state index in [0.717, 1.165) is 24.8 Å². The molecular weight excluding hydrogens is 210 g/mol. The van der Waals surface area contributed by atoms with Gasteiger partial charge in [-0.15, -0.1) is 0 Å². The molecule has 0 amide bonds. The van der Waals surface area contributed by atoms with E-state index in [1.165, 1.54) is 44.9 Å². The zero-order valence-corrected chi connectivity index (χ0v) is 12.2. The molecule has 17 heavy (non-hydrogen) atoms. The Kier molecular flexibility index (Phi) is 12.3. The molecule has 0 saturated heterocycles. The molecule has 0 aromatic heterocycles. The fourth-order valence-electron chi connectivity index (χ4n) is 2.64. The SMILES string of the molecule is CCCC1CCCCCC1NC.CCCCO. The molecule has 0 aromatic carbocycles. The maximum absolute atomic E-state index is 8.07. The van der Waals surface area contributed by atoms with Gasteiger partial charge >= 0.3 is 0 Å². The van der Waals surface area contributed by atoms with Crippen LogP contribution in [0.4, 0.5) is 0 Å². The van der Waals surface area contributed by atoms with Gasteiger partial charge in [-0.05, 0) is 38.6 Å². The number of nitrogens with one attached hydrogen (secondary N) is 1. The molecule has 0 heterocycles. The molecule has 1 rings (SSSR count). The van der Waals surface area contributed by atoms with E-state index in [0.29, 0.717) is 6.61 Å². The Labute approximate surface area is 108 Å². The van der Waals surface area contributed by atoms with Crippen molar-refractivity contribution in [3.05, 3.63) is 0 Å². The molecule has 104 valence electrons. The van der Waals surface area contributed by atoms with E-state index >= 15 is 0 Å². The van der Waals surface area contributed by atoms with E-state index in [2.05, 4.69) is 26.2 Å². The van der Waals surface area contributed by atoms with Crippen LogP contribution < -0.4 is 5.32 Å². The van der Waals surface area contributed by atoms with Crippen molar-refractivity contribution in [3.8, 4) is 0 Å². The summed E-state index contributed by atoms with van der Waals surface area (Å²) in [6, 6.07) is 0.812. The Hall–Kier alpha value is -0.0800. The van der Waals surface area contributed by atoms with E-state index < -0.39 is 0 Å². The van der Waals surface area contributed by atoms with Crippen molar-refractivity contribution in [1.82, 2.24) is 5.32 Å². The maximum Gasteiger partial charge on any atom is 0.0430 e. The predicted octanol–water partition coefficient (Wildman–Crippen LogP) is 3.73. The molecule has 0 aromatic rings. The molecule has 0 bridgehead atoms. The van der Waals surface area contributed by atoms with Crippen LogP contribution in [-0.4, -0.2) is 24.8 Å². The molecule has 1 saturated carbocycles. The normalized spacial score (nSPS) is 24.7. The van der Waals surface area contributed by atoms with Crippen molar-refractivity contribution in [2.45, 2.75) is 77.7 Å². The van der Waals surface area contributed by atoms with Crippen molar-refractivity contribution >= 4 is 0 Å². The van der Waals surface area contributed by atoms with E-state index in [-0.39, 0.29) is 0 Å². The first-order valence-electron chi connectivity index (χ1n) is 7.58. The Morgan fingerprint density at radius 2 is 1.76 bits per heavy atom. The third kappa shape index (κ3) is 8.62. The molecule has 2 unspecified atom stereocenters. The van der Waals surface area contributed by atoms with Gasteiger partial charge in [0.25, 0.3) is 0 Å². The molecule has 0 spiro atoms. The second-order valence-corrected chi connectivity index (χ2v) is 5.16. The first-order chi connectivity index (χ1) is 8.29. The number of hydrogen-bond acceptors (Lipinski definition) is 2. The first-order valence-corrected chi connectivity index (χ1v) is 7.58. The van der Waals surface area contributed by atoms with Gasteiger partial charge < -0.3 is 10.4 Å². The lowest BCUT2D eigenvalue weighted by molar-refractivity contribution is 0.287. The predicted molar refractivity (Wildman–Crippen MR) is 76.3 cm³/mol. The minimum absolute atomic E-state index is 0.344. The average molecular weight is 243 g/mol. The molecule has 2 nitrogen and oxygen atoms in total. The van der Waals surface area contributed by atoms with Gasteiger partial charge in [-0.25, -0.2) is 0 Å². The van der Waals surface area contributed by atoms with Gasteiger partial charge in [-0.2, -0.15) is 0 Å². The van der Waals surface area contributed by atoms with Gasteiger partial charge in [-0.1, -0.05) is 46.0 Å². The molecular formula is C15H33NO. The Morgan fingerprint density at radius 3 is 2.24 bits per heavy atom. The van der Waals surface area contributed by atoms with Crippen molar-refractivity contribution < 1.29 is 5.11 Å². The zero-order valence-electron chi connectivity index (χ0n) is 12.2. The van der Waals surface area contributed by atoms with Gasteiger partial charge in [0.2, 0.25) is 0 Å². The third-order valence-electron chi connectivity index (χ3n) is 3.70. The molecule has 1 aliphatic rings. The highest BCUT2D eigenvalue weighted by molar-refractivity contribution is 4.77. The maximum atomic E-state index is 8.07. The summed E-state index contributed by atoms with van der Waals surface area (Å²) in [6.07, 6.45) is 12.0. The lowest BCUT2D eigenvalue weighted by atomic mass is 9.91. The van der Waals surface area contributed by atoms with Crippen LogP contribution in [0.5, 0.6) is 0 Å². The van der Waals surface area contributed by atoms with Gasteiger partial charge in [0.1, 0.15) is 0 Å². The number of aliphatic hydroxyl groups excluding tert-OH is 1. The van der Waals surface area contributed by atoms with Crippen LogP contribution in [0, 0.1) is 5.92 Å². The first kappa shape index (κ1) is 16.9. The third-order valence-corrected chi connectivity index (χ3v) is 3.70. The van der Waals surface area contributed by atoms with Crippen LogP contribution in [-0.2, 0) is 0 Å². The number of hydrogen-bond donors (Lipinski definition) is 2. The van der Waals surface area contributed by atoms with Crippen molar-refractivity contribution in [3.63, 3.8) is 0 Å². The van der Waals surface area contributed by atoms with Crippen molar-refractivity contribution in [2.24, 2.45) is 5.92 Å². The van der Waals surface area contributed by atoms with Crippen LogP contribution in [0.1, 0.15) is 71.6 Å². The lowest BCUT2D eigenvalue weighted by Crippen LogP contribution is -2.32. The standard InChI is InChI=1S/C11H23N.C4H10O/c1-3-7-10-8-5-4-6-9-11(10)12-2;1-2-3-4-5/h10-12H,3-9H2,1-2H3;5H,2-4H2,1H3. The van der Waals surface area contributed by atoms with E-state index in [4.69, 9.17) is 5.11 Å². The molecule has 2 heteroatoms. The molecule has 1 fully saturated rings. The second kappa shape index (κ2) is 12.4. The molecule has 1 aliphatic carbocycles. The van der Waals surface area contributed by atoms with Gasteiger partial charge in [0.15, 0.2) is 0 Å². The quantitative estimate of drug-likeness (QED) is 0.721. The topological polar surface area (TPSA) is 32.3 Å². The lowest BCUT2D eigenvalue weighted by Gasteiger charge is -2.24. The second-order valence-electron chi connectivity index (χ2n) is 5.16. The summed E-state index contributed by atoms with van der Waals surface area (Å²) in [6.45, 7) is 4.70. The summed E-state index contributed by atoms with van der Waals surface area (Å²) in [5.74, 6) is 0.961. The van der Waals surface area contributed by atoms with Crippen molar-refractivity contribution in [2.75, 3.05) is 13.7 Å². The van der Waals surface area contributed by atoms with Crippen LogP contribution >= 0.6 is 0 Å². The van der Waals surface area contributed by atoms with Gasteiger partial charge in [-0.3, -0.25) is 0 Å². The number of aliphatic hydroxyl groups is 1. The Balaban J connectivity index is 0.000000437. The highest BCUT2D eigenvalue weighted by Crippen LogP contribution is 2.26. The molecule has 2 N–H and O–H groups in total. The minimum Gasteiger partial charge on any atom is -0.396 e. The van der Waals surface area contributed by atoms with E-state index in [1.807, 2.05) is 0 Å².